The van der Waals surface area contributed by atoms with Gasteiger partial charge >= 0.3 is 0 Å². The van der Waals surface area contributed by atoms with E-state index in [9.17, 15) is 5.11 Å². The Morgan fingerprint density at radius 3 is 2.42 bits per heavy atom. The molecule has 0 radical (unpaired) electrons. The molecule has 1 saturated carbocycles. The Bertz CT molecular complexity index is 384. The summed E-state index contributed by atoms with van der Waals surface area (Å²) in [6, 6.07) is 9.07. The molecule has 0 heterocycles. The largest absolute Gasteiger partial charge is 0.389 e. The number of nitrogens with one attached hydrogen (secondary N) is 1. The quantitative estimate of drug-likeness (QED) is 0.805. The van der Waals surface area contributed by atoms with Gasteiger partial charge in [-0.25, -0.2) is 0 Å². The lowest BCUT2D eigenvalue weighted by atomic mass is 9.86. The van der Waals surface area contributed by atoms with Crippen molar-refractivity contribution in [1.29, 1.82) is 0 Å². The van der Waals surface area contributed by atoms with Gasteiger partial charge < -0.3 is 10.4 Å². The second kappa shape index (κ2) is 6.78. The molecular formula is C16H25NOS. The predicted octanol–water partition coefficient (Wildman–Crippen LogP) is 3.75. The van der Waals surface area contributed by atoms with Crippen molar-refractivity contribution in [3.63, 3.8) is 0 Å². The van der Waals surface area contributed by atoms with Crippen molar-refractivity contribution >= 4 is 11.8 Å². The summed E-state index contributed by atoms with van der Waals surface area (Å²) in [6.45, 7) is 2.16. The van der Waals surface area contributed by atoms with Gasteiger partial charge in [0, 0.05) is 16.7 Å². The lowest BCUT2D eigenvalue weighted by molar-refractivity contribution is 0.0273. The van der Waals surface area contributed by atoms with Crippen LogP contribution in [-0.4, -0.2) is 23.5 Å². The van der Waals surface area contributed by atoms with Crippen LogP contribution in [0.2, 0.25) is 0 Å². The molecule has 3 heteroatoms. The van der Waals surface area contributed by atoms with Gasteiger partial charge in [0.2, 0.25) is 0 Å². The van der Waals surface area contributed by atoms with E-state index < -0.39 is 5.60 Å². The second-order valence-corrected chi connectivity index (χ2v) is 6.70. The molecule has 0 aliphatic heterocycles. The zero-order valence-corrected chi connectivity index (χ0v) is 12.8. The summed E-state index contributed by atoms with van der Waals surface area (Å²) in [4.78, 5) is 1.26. The van der Waals surface area contributed by atoms with Gasteiger partial charge in [-0.2, -0.15) is 0 Å². The summed E-state index contributed by atoms with van der Waals surface area (Å²) in [6.07, 6.45) is 5.57. The number of thioether (sulfide) groups is 1. The van der Waals surface area contributed by atoms with E-state index in [0.717, 1.165) is 18.6 Å². The summed E-state index contributed by atoms with van der Waals surface area (Å²) < 4.78 is 0. The normalized spacial score (nSPS) is 20.2. The van der Waals surface area contributed by atoms with Crippen LogP contribution in [0.3, 0.4) is 0 Å². The molecule has 0 bridgehead atoms. The van der Waals surface area contributed by atoms with E-state index in [2.05, 4.69) is 36.5 Å². The van der Waals surface area contributed by atoms with Crippen LogP contribution in [-0.2, 0) is 0 Å². The van der Waals surface area contributed by atoms with E-state index in [-0.39, 0.29) is 0 Å². The molecule has 1 aliphatic rings. The Hall–Kier alpha value is -0.510. The van der Waals surface area contributed by atoms with Gasteiger partial charge in [0.15, 0.2) is 0 Å². The highest BCUT2D eigenvalue weighted by Gasteiger charge is 2.28. The minimum atomic E-state index is -0.431. The topological polar surface area (TPSA) is 32.3 Å². The third-order valence-corrected chi connectivity index (χ3v) is 5.39. The van der Waals surface area contributed by atoms with Gasteiger partial charge in [-0.3, -0.25) is 0 Å². The zero-order chi connectivity index (χ0) is 13.7. The van der Waals surface area contributed by atoms with Crippen molar-refractivity contribution in [3.8, 4) is 0 Å². The van der Waals surface area contributed by atoms with Crippen LogP contribution < -0.4 is 5.32 Å². The molecule has 1 atom stereocenters. The molecule has 2 N–H and O–H groups in total. The van der Waals surface area contributed by atoms with E-state index in [1.807, 2.05) is 7.05 Å². The second-order valence-electron chi connectivity index (χ2n) is 5.65. The van der Waals surface area contributed by atoms with Crippen LogP contribution in [0, 0.1) is 0 Å². The number of hydrogen-bond acceptors (Lipinski definition) is 3. The van der Waals surface area contributed by atoms with Crippen molar-refractivity contribution in [1.82, 2.24) is 5.32 Å². The molecule has 2 nitrogen and oxygen atoms in total. The van der Waals surface area contributed by atoms with Crippen molar-refractivity contribution in [3.05, 3.63) is 29.8 Å². The maximum absolute atomic E-state index is 10.5. The summed E-state index contributed by atoms with van der Waals surface area (Å²) >= 11 is 1.78. The van der Waals surface area contributed by atoms with Crippen LogP contribution in [0.25, 0.3) is 0 Å². The Morgan fingerprint density at radius 1 is 1.21 bits per heavy atom. The Labute approximate surface area is 121 Å². The Kier molecular flexibility index (Phi) is 5.31. The van der Waals surface area contributed by atoms with E-state index >= 15 is 0 Å². The maximum atomic E-state index is 10.5. The SMILES string of the molecule is CNC(C)c1ccc(SCC2(O)CCCCC2)cc1. The fraction of sp³-hybridized carbons (Fsp3) is 0.625. The smallest absolute Gasteiger partial charge is 0.0741 e. The minimum Gasteiger partial charge on any atom is -0.389 e. The van der Waals surface area contributed by atoms with Gasteiger partial charge in [0.25, 0.3) is 0 Å². The molecule has 1 aromatic rings. The summed E-state index contributed by atoms with van der Waals surface area (Å²) in [5.41, 5.74) is 0.878. The average molecular weight is 279 g/mol. The van der Waals surface area contributed by atoms with Crippen molar-refractivity contribution in [2.75, 3.05) is 12.8 Å². The van der Waals surface area contributed by atoms with Crippen LogP contribution in [0.4, 0.5) is 0 Å². The first-order chi connectivity index (χ1) is 9.13. The minimum absolute atomic E-state index is 0.390. The molecule has 1 fully saturated rings. The van der Waals surface area contributed by atoms with Gasteiger partial charge in [0.05, 0.1) is 5.60 Å². The lowest BCUT2D eigenvalue weighted by Gasteiger charge is -2.31. The lowest BCUT2D eigenvalue weighted by Crippen LogP contribution is -2.33. The first-order valence-corrected chi connectivity index (χ1v) is 8.24. The maximum Gasteiger partial charge on any atom is 0.0741 e. The average Bonchev–Trinajstić information content (AvgIpc) is 2.46. The molecule has 0 spiro atoms. The summed E-state index contributed by atoms with van der Waals surface area (Å²) in [5.74, 6) is 0.827. The molecule has 0 amide bonds. The highest BCUT2D eigenvalue weighted by atomic mass is 32.2. The standard InChI is InChI=1S/C16H25NOS/c1-13(17-2)14-6-8-15(9-7-14)19-12-16(18)10-4-3-5-11-16/h6-9,13,17-18H,3-5,10-12H2,1-2H3. The molecular weight excluding hydrogens is 254 g/mol. The van der Waals surface area contributed by atoms with Crippen molar-refractivity contribution in [2.24, 2.45) is 0 Å². The predicted molar refractivity (Wildman–Crippen MR) is 82.7 cm³/mol. The fourth-order valence-electron chi connectivity index (χ4n) is 2.59. The third kappa shape index (κ3) is 4.23. The highest BCUT2D eigenvalue weighted by molar-refractivity contribution is 7.99. The number of rotatable bonds is 5. The van der Waals surface area contributed by atoms with E-state index in [1.54, 1.807) is 11.8 Å². The van der Waals surface area contributed by atoms with Crippen LogP contribution in [0.15, 0.2) is 29.2 Å². The first-order valence-electron chi connectivity index (χ1n) is 7.25. The van der Waals surface area contributed by atoms with Crippen molar-refractivity contribution in [2.45, 2.75) is 55.6 Å². The molecule has 2 rings (SSSR count). The third-order valence-electron chi connectivity index (χ3n) is 4.10. The van der Waals surface area contributed by atoms with Crippen LogP contribution in [0.5, 0.6) is 0 Å². The summed E-state index contributed by atoms with van der Waals surface area (Å²) in [7, 11) is 1.98. The number of aliphatic hydroxyl groups is 1. The highest BCUT2D eigenvalue weighted by Crippen LogP contribution is 2.33. The molecule has 0 aromatic heterocycles. The number of hydrogen-bond donors (Lipinski definition) is 2. The van der Waals surface area contributed by atoms with Gasteiger partial charge in [-0.05, 0) is 44.5 Å². The zero-order valence-electron chi connectivity index (χ0n) is 12.0. The van der Waals surface area contributed by atoms with Gasteiger partial charge in [0.1, 0.15) is 0 Å². The molecule has 19 heavy (non-hydrogen) atoms. The fourth-order valence-corrected chi connectivity index (χ4v) is 3.64. The van der Waals surface area contributed by atoms with E-state index in [0.29, 0.717) is 6.04 Å². The molecule has 1 unspecified atom stereocenters. The first kappa shape index (κ1) is 14.9. The number of benzene rings is 1. The molecule has 1 aromatic carbocycles. The van der Waals surface area contributed by atoms with Crippen molar-refractivity contribution < 1.29 is 5.11 Å². The summed E-state index contributed by atoms with van der Waals surface area (Å²) in [5, 5.41) is 13.7. The van der Waals surface area contributed by atoms with Crippen LogP contribution in [0.1, 0.15) is 50.6 Å². The Balaban J connectivity index is 1.89. The molecule has 106 valence electrons. The molecule has 0 saturated heterocycles. The Morgan fingerprint density at radius 2 is 1.84 bits per heavy atom. The molecule has 1 aliphatic carbocycles. The van der Waals surface area contributed by atoms with Gasteiger partial charge in [-0.15, -0.1) is 11.8 Å². The van der Waals surface area contributed by atoms with Crippen LogP contribution >= 0.6 is 11.8 Å². The van der Waals surface area contributed by atoms with E-state index in [1.165, 1.54) is 29.7 Å². The monoisotopic (exact) mass is 279 g/mol. The van der Waals surface area contributed by atoms with Gasteiger partial charge in [-0.1, -0.05) is 31.4 Å². The van der Waals surface area contributed by atoms with E-state index in [4.69, 9.17) is 0 Å².